The van der Waals surface area contributed by atoms with Crippen LogP contribution in [0.25, 0.3) is 0 Å². The fourth-order valence-electron chi connectivity index (χ4n) is 1.72. The lowest BCUT2D eigenvalue weighted by atomic mass is 10.2. The molecule has 1 N–H and O–H groups in total. The Morgan fingerprint density at radius 2 is 2.05 bits per heavy atom. The summed E-state index contributed by atoms with van der Waals surface area (Å²) in [5.41, 5.74) is 0.713. The summed E-state index contributed by atoms with van der Waals surface area (Å²) < 4.78 is 39.8. The van der Waals surface area contributed by atoms with Crippen molar-refractivity contribution in [2.45, 2.75) is 37.8 Å². The van der Waals surface area contributed by atoms with E-state index in [1.54, 1.807) is 20.0 Å². The van der Waals surface area contributed by atoms with Crippen molar-refractivity contribution in [1.82, 2.24) is 9.62 Å². The molecule has 0 saturated carbocycles. The molecule has 0 saturated heterocycles. The highest BCUT2D eigenvalue weighted by Crippen LogP contribution is 2.21. The quantitative estimate of drug-likeness (QED) is 0.870. The Balaban J connectivity index is 3.15. The van der Waals surface area contributed by atoms with Gasteiger partial charge in [0.05, 0.1) is 0 Å². The van der Waals surface area contributed by atoms with Crippen LogP contribution in [-0.2, 0) is 16.6 Å². The molecule has 0 aromatic heterocycles. The van der Waals surface area contributed by atoms with Gasteiger partial charge in [-0.3, -0.25) is 0 Å². The zero-order chi connectivity index (χ0) is 14.6. The summed E-state index contributed by atoms with van der Waals surface area (Å²) in [6.45, 7) is 4.19. The van der Waals surface area contributed by atoms with E-state index >= 15 is 0 Å². The van der Waals surface area contributed by atoms with Gasteiger partial charge >= 0.3 is 0 Å². The molecule has 0 spiro atoms. The van der Waals surface area contributed by atoms with E-state index in [0.29, 0.717) is 18.5 Å². The zero-order valence-corrected chi connectivity index (χ0v) is 12.6. The highest BCUT2D eigenvalue weighted by atomic mass is 32.2. The fraction of sp³-hybridized carbons (Fsp3) is 0.538. The summed E-state index contributed by atoms with van der Waals surface area (Å²) in [6.07, 6.45) is 0.676. The summed E-state index contributed by atoms with van der Waals surface area (Å²) in [6, 6.07) is 4.04. The van der Waals surface area contributed by atoms with E-state index in [2.05, 4.69) is 5.32 Å². The van der Waals surface area contributed by atoms with E-state index in [4.69, 9.17) is 0 Å². The minimum absolute atomic E-state index is 0.165. The summed E-state index contributed by atoms with van der Waals surface area (Å²) in [4.78, 5) is -0.268. The molecule has 0 bridgehead atoms. The van der Waals surface area contributed by atoms with E-state index in [0.717, 1.165) is 0 Å². The number of benzene rings is 1. The summed E-state index contributed by atoms with van der Waals surface area (Å²) in [5, 5.41) is 2.89. The molecule has 0 heterocycles. The first kappa shape index (κ1) is 16.1. The molecule has 1 aromatic carbocycles. The topological polar surface area (TPSA) is 49.4 Å². The number of nitrogens with zero attached hydrogens (tertiary/aromatic N) is 1. The number of hydrogen-bond acceptors (Lipinski definition) is 3. The van der Waals surface area contributed by atoms with E-state index in [9.17, 15) is 12.8 Å². The number of rotatable bonds is 6. The largest absolute Gasteiger partial charge is 0.316 e. The lowest BCUT2D eigenvalue weighted by Gasteiger charge is -2.23. The average molecular weight is 288 g/mol. The second-order valence-corrected chi connectivity index (χ2v) is 6.54. The maximum absolute atomic E-state index is 14.0. The zero-order valence-electron chi connectivity index (χ0n) is 11.8. The van der Waals surface area contributed by atoms with Gasteiger partial charge in [-0.05, 0) is 38.1 Å². The Morgan fingerprint density at radius 1 is 1.42 bits per heavy atom. The molecule has 1 rings (SSSR count). The molecular formula is C13H21FN2O2S. The smallest absolute Gasteiger partial charge is 0.245 e. The van der Waals surface area contributed by atoms with Gasteiger partial charge in [-0.15, -0.1) is 0 Å². The van der Waals surface area contributed by atoms with Crippen LogP contribution in [-0.4, -0.2) is 32.9 Å². The highest BCUT2D eigenvalue weighted by Gasteiger charge is 2.27. The summed E-state index contributed by atoms with van der Waals surface area (Å²) in [7, 11) is -0.549. The Morgan fingerprint density at radius 3 is 2.53 bits per heavy atom. The third kappa shape index (κ3) is 3.52. The monoisotopic (exact) mass is 288 g/mol. The molecule has 0 aliphatic carbocycles. The van der Waals surface area contributed by atoms with Crippen LogP contribution < -0.4 is 5.32 Å². The molecule has 0 amide bonds. The molecule has 0 fully saturated rings. The van der Waals surface area contributed by atoms with Crippen molar-refractivity contribution in [3.8, 4) is 0 Å². The van der Waals surface area contributed by atoms with Gasteiger partial charge in [-0.1, -0.05) is 13.0 Å². The van der Waals surface area contributed by atoms with Crippen molar-refractivity contribution in [2.24, 2.45) is 0 Å². The maximum atomic E-state index is 14.0. The standard InChI is InChI=1S/C13H21FN2O2S/c1-5-10(2)16(4)19(17,18)13-7-6-11(9-15-3)8-12(13)14/h6-8,10,15H,5,9H2,1-4H3. The Hall–Kier alpha value is -0.980. The second-order valence-electron chi connectivity index (χ2n) is 4.57. The average Bonchev–Trinajstić information content (AvgIpc) is 2.37. The SMILES string of the molecule is CCC(C)N(C)S(=O)(=O)c1ccc(CNC)cc1F. The van der Waals surface area contributed by atoms with Crippen molar-refractivity contribution in [3.05, 3.63) is 29.6 Å². The molecule has 0 aliphatic rings. The first-order valence-corrected chi connectivity index (χ1v) is 7.69. The minimum Gasteiger partial charge on any atom is -0.316 e. The first-order valence-electron chi connectivity index (χ1n) is 6.25. The van der Waals surface area contributed by atoms with Crippen LogP contribution in [0.2, 0.25) is 0 Å². The lowest BCUT2D eigenvalue weighted by Crippen LogP contribution is -2.35. The van der Waals surface area contributed by atoms with E-state index in [1.807, 2.05) is 6.92 Å². The predicted molar refractivity (Wildman–Crippen MR) is 73.9 cm³/mol. The molecular weight excluding hydrogens is 267 g/mol. The number of sulfonamides is 1. The molecule has 19 heavy (non-hydrogen) atoms. The molecule has 1 unspecified atom stereocenters. The summed E-state index contributed by atoms with van der Waals surface area (Å²) >= 11 is 0. The normalized spacial score (nSPS) is 13.8. The van der Waals surface area contributed by atoms with Gasteiger partial charge < -0.3 is 5.32 Å². The van der Waals surface area contributed by atoms with Gasteiger partial charge in [0.1, 0.15) is 10.7 Å². The van der Waals surface area contributed by atoms with Gasteiger partial charge in [0, 0.05) is 19.6 Å². The third-order valence-corrected chi connectivity index (χ3v) is 5.25. The van der Waals surface area contributed by atoms with Crippen LogP contribution in [0.4, 0.5) is 4.39 Å². The Bertz CT molecular complexity index is 531. The number of halogens is 1. The fourth-order valence-corrected chi connectivity index (χ4v) is 3.20. The number of hydrogen-bond donors (Lipinski definition) is 1. The maximum Gasteiger partial charge on any atom is 0.245 e. The molecule has 6 heteroatoms. The molecule has 108 valence electrons. The highest BCUT2D eigenvalue weighted by molar-refractivity contribution is 7.89. The molecule has 0 radical (unpaired) electrons. The van der Waals surface area contributed by atoms with Gasteiger partial charge in [-0.2, -0.15) is 4.31 Å². The van der Waals surface area contributed by atoms with Gasteiger partial charge in [0.15, 0.2) is 0 Å². The van der Waals surface area contributed by atoms with Crippen LogP contribution >= 0.6 is 0 Å². The summed E-state index contributed by atoms with van der Waals surface area (Å²) in [5.74, 6) is -0.706. The number of nitrogens with one attached hydrogen (secondary N) is 1. The Labute approximate surface area is 114 Å². The molecule has 0 aliphatic heterocycles. The third-order valence-electron chi connectivity index (χ3n) is 3.25. The van der Waals surface area contributed by atoms with Crippen molar-refractivity contribution in [2.75, 3.05) is 14.1 Å². The van der Waals surface area contributed by atoms with Crippen LogP contribution in [0.3, 0.4) is 0 Å². The van der Waals surface area contributed by atoms with Crippen LogP contribution in [0.1, 0.15) is 25.8 Å². The van der Waals surface area contributed by atoms with Gasteiger partial charge in [-0.25, -0.2) is 12.8 Å². The van der Waals surface area contributed by atoms with Crippen molar-refractivity contribution in [1.29, 1.82) is 0 Å². The van der Waals surface area contributed by atoms with E-state index in [-0.39, 0.29) is 10.9 Å². The first-order chi connectivity index (χ1) is 8.84. The predicted octanol–water partition coefficient (Wildman–Crippen LogP) is 1.96. The van der Waals surface area contributed by atoms with Crippen LogP contribution in [0.15, 0.2) is 23.1 Å². The van der Waals surface area contributed by atoms with Crippen LogP contribution in [0, 0.1) is 5.82 Å². The Kier molecular flexibility index (Phi) is 5.46. The van der Waals surface area contributed by atoms with Gasteiger partial charge in [0.2, 0.25) is 10.0 Å². The minimum atomic E-state index is -3.77. The van der Waals surface area contributed by atoms with E-state index in [1.165, 1.54) is 23.5 Å². The van der Waals surface area contributed by atoms with E-state index < -0.39 is 15.8 Å². The molecule has 4 nitrogen and oxygen atoms in total. The van der Waals surface area contributed by atoms with Crippen molar-refractivity contribution < 1.29 is 12.8 Å². The van der Waals surface area contributed by atoms with Crippen molar-refractivity contribution >= 4 is 10.0 Å². The molecule has 1 atom stereocenters. The second kappa shape index (κ2) is 6.45. The molecule has 1 aromatic rings. The van der Waals surface area contributed by atoms with Gasteiger partial charge in [0.25, 0.3) is 0 Å². The lowest BCUT2D eigenvalue weighted by molar-refractivity contribution is 0.378. The van der Waals surface area contributed by atoms with Crippen molar-refractivity contribution in [3.63, 3.8) is 0 Å². The van der Waals surface area contributed by atoms with Crippen LogP contribution in [0.5, 0.6) is 0 Å².